The van der Waals surface area contributed by atoms with Gasteiger partial charge in [0.15, 0.2) is 5.17 Å². The second kappa shape index (κ2) is 7.18. The molecule has 0 spiro atoms. The molecule has 0 atom stereocenters. The van der Waals surface area contributed by atoms with Gasteiger partial charge in [-0.2, -0.15) is 0 Å². The largest absolute Gasteiger partial charge is 0.481 e. The van der Waals surface area contributed by atoms with Gasteiger partial charge in [-0.15, -0.1) is 0 Å². The van der Waals surface area contributed by atoms with E-state index < -0.39 is 5.97 Å². The molecule has 0 bridgehead atoms. The molecule has 2 heterocycles. The number of para-hydroxylation sites is 1. The summed E-state index contributed by atoms with van der Waals surface area (Å²) in [5.41, 5.74) is 0.943. The molecule has 0 saturated carbocycles. The number of carboxylic acid groups (broad SMARTS) is 1. The van der Waals surface area contributed by atoms with E-state index in [0.717, 1.165) is 0 Å². The highest BCUT2D eigenvalue weighted by Gasteiger charge is 2.32. The first-order valence-electron chi connectivity index (χ1n) is 7.23. The highest BCUT2D eigenvalue weighted by Crippen LogP contribution is 2.29. The zero-order valence-electron chi connectivity index (χ0n) is 12.6. The third kappa shape index (κ3) is 3.57. The van der Waals surface area contributed by atoms with Gasteiger partial charge < -0.3 is 9.52 Å². The topological polar surface area (TPSA) is 83.1 Å². The molecule has 1 aromatic carbocycles. The standard InChI is InChI=1S/C17H14N2O4S/c20-15(21)8-10-24-17-18-14(11-13-7-4-9-23-13)16(22)19(17)12-5-2-1-3-6-12/h1-7,9,11H,8,10H2,(H,20,21)/b14-11-. The number of anilines is 1. The molecule has 0 fully saturated rings. The second-order valence-electron chi connectivity index (χ2n) is 4.91. The minimum atomic E-state index is -0.884. The Morgan fingerprint density at radius 1 is 1.25 bits per heavy atom. The molecule has 6 nitrogen and oxygen atoms in total. The highest BCUT2D eigenvalue weighted by atomic mass is 32.2. The smallest absolute Gasteiger partial charge is 0.304 e. The van der Waals surface area contributed by atoms with Crippen LogP contribution in [0, 0.1) is 0 Å². The average Bonchev–Trinajstić information content (AvgIpc) is 3.17. The molecule has 3 rings (SSSR count). The number of nitrogens with zero attached hydrogens (tertiary/aromatic N) is 2. The molecular formula is C17H14N2O4S. The number of carboxylic acids is 1. The van der Waals surface area contributed by atoms with E-state index in [1.807, 2.05) is 18.2 Å². The maximum Gasteiger partial charge on any atom is 0.304 e. The first-order chi connectivity index (χ1) is 11.6. The average molecular weight is 342 g/mol. The molecule has 1 aliphatic heterocycles. The van der Waals surface area contributed by atoms with Crippen LogP contribution in [0.3, 0.4) is 0 Å². The van der Waals surface area contributed by atoms with Crippen LogP contribution in [0.5, 0.6) is 0 Å². The summed E-state index contributed by atoms with van der Waals surface area (Å²) in [6.07, 6.45) is 3.09. The Balaban J connectivity index is 1.89. The number of amidine groups is 1. The van der Waals surface area contributed by atoms with E-state index in [-0.39, 0.29) is 18.0 Å². The second-order valence-corrected chi connectivity index (χ2v) is 5.97. The number of aliphatic imine (C=N–C) groups is 1. The Hall–Kier alpha value is -2.80. The van der Waals surface area contributed by atoms with Gasteiger partial charge in [0, 0.05) is 11.8 Å². The van der Waals surface area contributed by atoms with E-state index in [4.69, 9.17) is 9.52 Å². The van der Waals surface area contributed by atoms with E-state index in [1.54, 1.807) is 30.3 Å². The molecular weight excluding hydrogens is 328 g/mol. The van der Waals surface area contributed by atoms with Crippen LogP contribution in [0.4, 0.5) is 5.69 Å². The van der Waals surface area contributed by atoms with Crippen molar-refractivity contribution in [3.63, 3.8) is 0 Å². The van der Waals surface area contributed by atoms with Gasteiger partial charge in [0.25, 0.3) is 5.91 Å². The quantitative estimate of drug-likeness (QED) is 0.844. The fraction of sp³-hybridized carbons (Fsp3) is 0.118. The van der Waals surface area contributed by atoms with Crippen molar-refractivity contribution in [3.05, 3.63) is 60.2 Å². The van der Waals surface area contributed by atoms with E-state index in [9.17, 15) is 9.59 Å². The molecule has 24 heavy (non-hydrogen) atoms. The Morgan fingerprint density at radius 3 is 2.71 bits per heavy atom. The highest BCUT2D eigenvalue weighted by molar-refractivity contribution is 8.14. The van der Waals surface area contributed by atoms with Crippen LogP contribution < -0.4 is 4.90 Å². The van der Waals surface area contributed by atoms with Crippen LogP contribution in [0.1, 0.15) is 12.2 Å². The number of amides is 1. The van der Waals surface area contributed by atoms with Crippen LogP contribution in [-0.2, 0) is 9.59 Å². The number of benzene rings is 1. The summed E-state index contributed by atoms with van der Waals surface area (Å²) in [6, 6.07) is 12.6. The van der Waals surface area contributed by atoms with E-state index >= 15 is 0 Å². The van der Waals surface area contributed by atoms with Crippen molar-refractivity contribution in [2.45, 2.75) is 6.42 Å². The predicted octanol–water partition coefficient (Wildman–Crippen LogP) is 3.23. The number of carbonyl (C=O) groups excluding carboxylic acids is 1. The fourth-order valence-electron chi connectivity index (χ4n) is 2.14. The number of thioether (sulfide) groups is 1. The van der Waals surface area contributed by atoms with Gasteiger partial charge >= 0.3 is 5.97 Å². The minimum Gasteiger partial charge on any atom is -0.481 e. The predicted molar refractivity (Wildman–Crippen MR) is 92.8 cm³/mol. The third-order valence-electron chi connectivity index (χ3n) is 3.21. The van der Waals surface area contributed by atoms with Crippen molar-refractivity contribution in [3.8, 4) is 0 Å². The summed E-state index contributed by atoms with van der Waals surface area (Å²) in [7, 11) is 0. The van der Waals surface area contributed by atoms with Crippen LogP contribution in [-0.4, -0.2) is 27.9 Å². The zero-order chi connectivity index (χ0) is 16.9. The van der Waals surface area contributed by atoms with Gasteiger partial charge in [-0.05, 0) is 24.3 Å². The third-order valence-corrected chi connectivity index (χ3v) is 4.15. The van der Waals surface area contributed by atoms with Crippen molar-refractivity contribution in [2.24, 2.45) is 4.99 Å². The molecule has 1 N–H and O–H groups in total. The summed E-state index contributed by atoms with van der Waals surface area (Å²) in [6.45, 7) is 0. The van der Waals surface area contributed by atoms with E-state index in [1.165, 1.54) is 22.9 Å². The lowest BCUT2D eigenvalue weighted by molar-refractivity contribution is -0.136. The normalized spacial score (nSPS) is 15.8. The maximum absolute atomic E-state index is 12.7. The number of rotatable bonds is 5. The molecule has 0 radical (unpaired) electrons. The molecule has 0 saturated heterocycles. The van der Waals surface area contributed by atoms with Crippen molar-refractivity contribution in [2.75, 3.05) is 10.7 Å². The van der Waals surface area contributed by atoms with Crippen molar-refractivity contribution < 1.29 is 19.1 Å². The van der Waals surface area contributed by atoms with Gasteiger partial charge in [0.2, 0.25) is 0 Å². The molecule has 7 heteroatoms. The minimum absolute atomic E-state index is 0.00224. The number of carbonyl (C=O) groups is 2. The Bertz CT molecular complexity index is 797. The summed E-state index contributed by atoms with van der Waals surface area (Å²) in [5.74, 6) is -0.286. The molecule has 0 unspecified atom stereocenters. The van der Waals surface area contributed by atoms with Crippen LogP contribution in [0.2, 0.25) is 0 Å². The van der Waals surface area contributed by atoms with Gasteiger partial charge in [-0.3, -0.25) is 14.5 Å². The van der Waals surface area contributed by atoms with Gasteiger partial charge in [-0.1, -0.05) is 30.0 Å². The Kier molecular flexibility index (Phi) is 4.81. The fourth-order valence-corrected chi connectivity index (χ4v) is 3.08. The zero-order valence-corrected chi connectivity index (χ0v) is 13.4. The Labute approximate surface area is 142 Å². The lowest BCUT2D eigenvalue weighted by Gasteiger charge is -2.17. The maximum atomic E-state index is 12.7. The molecule has 1 aliphatic rings. The van der Waals surface area contributed by atoms with Crippen molar-refractivity contribution >= 4 is 40.6 Å². The van der Waals surface area contributed by atoms with Gasteiger partial charge in [0.1, 0.15) is 11.5 Å². The lowest BCUT2D eigenvalue weighted by atomic mass is 10.2. The summed E-state index contributed by atoms with van der Waals surface area (Å²) >= 11 is 1.24. The van der Waals surface area contributed by atoms with Crippen molar-refractivity contribution in [1.82, 2.24) is 0 Å². The molecule has 1 aromatic heterocycles. The van der Waals surface area contributed by atoms with E-state index in [2.05, 4.69) is 4.99 Å². The van der Waals surface area contributed by atoms with Crippen molar-refractivity contribution in [1.29, 1.82) is 0 Å². The summed E-state index contributed by atoms with van der Waals surface area (Å²) < 4.78 is 5.23. The van der Waals surface area contributed by atoms with Crippen LogP contribution in [0.15, 0.2) is 63.8 Å². The number of hydrogen-bond acceptors (Lipinski definition) is 5. The first kappa shape index (κ1) is 16.1. The molecule has 2 aromatic rings. The van der Waals surface area contributed by atoms with Crippen LogP contribution >= 0.6 is 11.8 Å². The number of hydrogen-bond donors (Lipinski definition) is 1. The van der Waals surface area contributed by atoms with E-state index in [0.29, 0.717) is 22.4 Å². The molecule has 0 aliphatic carbocycles. The van der Waals surface area contributed by atoms with Gasteiger partial charge in [-0.25, -0.2) is 4.99 Å². The first-order valence-corrected chi connectivity index (χ1v) is 8.22. The SMILES string of the molecule is O=C(O)CCSC1=N/C(=C\c2ccco2)C(=O)N1c1ccccc1. The number of furan rings is 1. The Morgan fingerprint density at radius 2 is 2.04 bits per heavy atom. The summed E-state index contributed by atoms with van der Waals surface area (Å²) in [5, 5.41) is 9.25. The number of aliphatic carboxylic acids is 1. The van der Waals surface area contributed by atoms with Gasteiger partial charge in [0.05, 0.1) is 18.4 Å². The van der Waals surface area contributed by atoms with Crippen LogP contribution in [0.25, 0.3) is 6.08 Å². The molecule has 1 amide bonds. The summed E-state index contributed by atoms with van der Waals surface area (Å²) in [4.78, 5) is 29.3. The molecule has 122 valence electrons. The monoisotopic (exact) mass is 342 g/mol. The lowest BCUT2D eigenvalue weighted by Crippen LogP contribution is -2.30.